The molecule has 1 heterocycles. The molecular formula is C14H9F3O. The molecule has 0 N–H and O–H groups in total. The van der Waals surface area contributed by atoms with Crippen LogP contribution in [0.4, 0.5) is 13.2 Å². The summed E-state index contributed by atoms with van der Waals surface area (Å²) >= 11 is 0. The van der Waals surface area contributed by atoms with E-state index in [-0.39, 0.29) is 11.0 Å². The highest BCUT2D eigenvalue weighted by Crippen LogP contribution is 2.39. The van der Waals surface area contributed by atoms with E-state index in [1.54, 1.807) is 18.2 Å². The minimum absolute atomic E-state index is 0.142. The van der Waals surface area contributed by atoms with E-state index in [0.29, 0.717) is 11.0 Å². The van der Waals surface area contributed by atoms with Crippen LogP contribution in [0.3, 0.4) is 0 Å². The molecular weight excluding hydrogens is 241 g/mol. The second kappa shape index (κ2) is 3.51. The number of aryl methyl sites for hydroxylation is 1. The number of halogens is 3. The standard InChI is InChI=1S/C14H9F3O/c1-8-5-6-11-9(7-8)13-10(14(15,16)17)3-2-4-12(13)18-11/h2-7H,1H3. The van der Waals surface area contributed by atoms with Crippen molar-refractivity contribution in [2.75, 3.05) is 0 Å². The van der Waals surface area contributed by atoms with Crippen LogP contribution in [0.1, 0.15) is 11.1 Å². The zero-order valence-electron chi connectivity index (χ0n) is 9.51. The fraction of sp³-hybridized carbons (Fsp3) is 0.143. The molecule has 1 aromatic heterocycles. The Morgan fingerprint density at radius 1 is 1.00 bits per heavy atom. The number of benzene rings is 2. The molecule has 0 amide bonds. The largest absolute Gasteiger partial charge is 0.456 e. The monoisotopic (exact) mass is 250 g/mol. The normalized spacial score (nSPS) is 12.4. The fourth-order valence-electron chi connectivity index (χ4n) is 2.18. The van der Waals surface area contributed by atoms with Gasteiger partial charge in [0, 0.05) is 10.8 Å². The maximum absolute atomic E-state index is 13.0. The lowest BCUT2D eigenvalue weighted by atomic mass is 10.0. The summed E-state index contributed by atoms with van der Waals surface area (Å²) in [7, 11) is 0. The molecule has 0 aliphatic carbocycles. The van der Waals surface area contributed by atoms with Gasteiger partial charge in [0.1, 0.15) is 11.2 Å². The van der Waals surface area contributed by atoms with Crippen molar-refractivity contribution in [2.24, 2.45) is 0 Å². The minimum atomic E-state index is -4.37. The molecule has 0 aliphatic heterocycles. The van der Waals surface area contributed by atoms with E-state index in [1.165, 1.54) is 6.07 Å². The van der Waals surface area contributed by atoms with Crippen LogP contribution in [-0.2, 0) is 6.18 Å². The highest BCUT2D eigenvalue weighted by atomic mass is 19.4. The molecule has 0 atom stereocenters. The van der Waals surface area contributed by atoms with Gasteiger partial charge in [0.2, 0.25) is 0 Å². The van der Waals surface area contributed by atoms with Crippen molar-refractivity contribution < 1.29 is 17.6 Å². The number of hydrogen-bond donors (Lipinski definition) is 0. The highest BCUT2D eigenvalue weighted by molar-refractivity contribution is 6.07. The SMILES string of the molecule is Cc1ccc2oc3cccc(C(F)(F)F)c3c2c1. The minimum Gasteiger partial charge on any atom is -0.456 e. The molecule has 18 heavy (non-hydrogen) atoms. The average Bonchev–Trinajstić information content (AvgIpc) is 2.65. The van der Waals surface area contributed by atoms with Crippen LogP contribution < -0.4 is 0 Å². The lowest BCUT2D eigenvalue weighted by Crippen LogP contribution is -2.04. The van der Waals surface area contributed by atoms with E-state index in [2.05, 4.69) is 0 Å². The van der Waals surface area contributed by atoms with Crippen LogP contribution in [0.2, 0.25) is 0 Å². The van der Waals surface area contributed by atoms with Gasteiger partial charge in [0.15, 0.2) is 0 Å². The van der Waals surface area contributed by atoms with Crippen molar-refractivity contribution in [2.45, 2.75) is 13.1 Å². The van der Waals surface area contributed by atoms with Crippen molar-refractivity contribution in [3.8, 4) is 0 Å². The fourth-order valence-corrected chi connectivity index (χ4v) is 2.18. The van der Waals surface area contributed by atoms with E-state index in [1.807, 2.05) is 13.0 Å². The Labute approximate surface area is 101 Å². The molecule has 0 saturated heterocycles. The summed E-state index contributed by atoms with van der Waals surface area (Å²) in [5, 5.41) is 0.654. The van der Waals surface area contributed by atoms with Gasteiger partial charge in [0.05, 0.1) is 5.56 Å². The van der Waals surface area contributed by atoms with Crippen molar-refractivity contribution >= 4 is 21.9 Å². The van der Waals surface area contributed by atoms with Crippen LogP contribution >= 0.6 is 0 Å². The molecule has 0 bridgehead atoms. The van der Waals surface area contributed by atoms with Gasteiger partial charge in [-0.1, -0.05) is 17.7 Å². The molecule has 0 fully saturated rings. The Kier molecular flexibility index (Phi) is 2.17. The van der Waals surface area contributed by atoms with Gasteiger partial charge in [-0.3, -0.25) is 0 Å². The van der Waals surface area contributed by atoms with E-state index in [0.717, 1.165) is 11.6 Å². The summed E-state index contributed by atoms with van der Waals surface area (Å²) in [6.07, 6.45) is -4.37. The van der Waals surface area contributed by atoms with E-state index < -0.39 is 11.7 Å². The van der Waals surface area contributed by atoms with Crippen LogP contribution in [0.25, 0.3) is 21.9 Å². The third kappa shape index (κ3) is 1.56. The Hall–Kier alpha value is -1.97. The number of hydrogen-bond acceptors (Lipinski definition) is 1. The maximum Gasteiger partial charge on any atom is 0.417 e. The second-order valence-electron chi connectivity index (χ2n) is 4.28. The van der Waals surface area contributed by atoms with Gasteiger partial charge in [-0.2, -0.15) is 13.2 Å². The Balaban J connectivity index is 2.52. The van der Waals surface area contributed by atoms with Crippen molar-refractivity contribution in [1.29, 1.82) is 0 Å². The molecule has 0 radical (unpaired) electrons. The lowest BCUT2D eigenvalue weighted by Gasteiger charge is -2.07. The first-order valence-electron chi connectivity index (χ1n) is 5.46. The highest BCUT2D eigenvalue weighted by Gasteiger charge is 2.33. The summed E-state index contributed by atoms with van der Waals surface area (Å²) in [6.45, 7) is 1.84. The van der Waals surface area contributed by atoms with Crippen LogP contribution in [0.5, 0.6) is 0 Å². The summed E-state index contributed by atoms with van der Waals surface area (Å²) in [4.78, 5) is 0. The van der Waals surface area contributed by atoms with Gasteiger partial charge >= 0.3 is 6.18 Å². The zero-order chi connectivity index (χ0) is 12.9. The molecule has 3 aromatic rings. The summed E-state index contributed by atoms with van der Waals surface area (Å²) in [5.41, 5.74) is 1.00. The third-order valence-electron chi connectivity index (χ3n) is 2.96. The summed E-state index contributed by atoms with van der Waals surface area (Å²) in [6, 6.07) is 9.24. The molecule has 0 unspecified atom stereocenters. The first-order chi connectivity index (χ1) is 8.47. The number of fused-ring (bicyclic) bond motifs is 3. The van der Waals surface area contributed by atoms with Crippen LogP contribution in [-0.4, -0.2) is 0 Å². The first kappa shape index (κ1) is 11.1. The Morgan fingerprint density at radius 3 is 2.50 bits per heavy atom. The molecule has 3 rings (SSSR count). The van der Waals surface area contributed by atoms with Gasteiger partial charge in [-0.05, 0) is 31.2 Å². The van der Waals surface area contributed by atoms with Gasteiger partial charge in [0.25, 0.3) is 0 Å². The van der Waals surface area contributed by atoms with Crippen molar-refractivity contribution in [1.82, 2.24) is 0 Å². The molecule has 0 aliphatic rings. The maximum atomic E-state index is 13.0. The molecule has 1 nitrogen and oxygen atoms in total. The van der Waals surface area contributed by atoms with E-state index >= 15 is 0 Å². The molecule has 0 spiro atoms. The quantitative estimate of drug-likeness (QED) is 0.552. The Bertz CT molecular complexity index is 738. The molecule has 2 aromatic carbocycles. The van der Waals surface area contributed by atoms with E-state index in [9.17, 15) is 13.2 Å². The van der Waals surface area contributed by atoms with Gasteiger partial charge < -0.3 is 4.42 Å². The summed E-state index contributed by atoms with van der Waals surface area (Å²) < 4.78 is 44.4. The van der Waals surface area contributed by atoms with Crippen molar-refractivity contribution in [3.05, 3.63) is 47.5 Å². The number of rotatable bonds is 0. The van der Waals surface area contributed by atoms with Gasteiger partial charge in [-0.15, -0.1) is 0 Å². The van der Waals surface area contributed by atoms with Crippen molar-refractivity contribution in [3.63, 3.8) is 0 Å². The summed E-state index contributed by atoms with van der Waals surface area (Å²) in [5.74, 6) is 0. The average molecular weight is 250 g/mol. The predicted molar refractivity (Wildman–Crippen MR) is 63.5 cm³/mol. The predicted octanol–water partition coefficient (Wildman–Crippen LogP) is 4.91. The van der Waals surface area contributed by atoms with Gasteiger partial charge in [-0.25, -0.2) is 0 Å². The van der Waals surface area contributed by atoms with Crippen LogP contribution in [0.15, 0.2) is 40.8 Å². The van der Waals surface area contributed by atoms with E-state index in [4.69, 9.17) is 4.42 Å². The Morgan fingerprint density at radius 2 is 1.78 bits per heavy atom. The number of alkyl halides is 3. The number of furan rings is 1. The smallest absolute Gasteiger partial charge is 0.417 e. The molecule has 92 valence electrons. The zero-order valence-corrected chi connectivity index (χ0v) is 9.51. The first-order valence-corrected chi connectivity index (χ1v) is 5.46. The van der Waals surface area contributed by atoms with Crippen LogP contribution in [0, 0.1) is 6.92 Å². The molecule has 0 saturated carbocycles. The topological polar surface area (TPSA) is 13.1 Å². The second-order valence-corrected chi connectivity index (χ2v) is 4.28. The molecule has 4 heteroatoms. The third-order valence-corrected chi connectivity index (χ3v) is 2.96. The lowest BCUT2D eigenvalue weighted by molar-refractivity contribution is -0.136.